The maximum absolute atomic E-state index is 12.4. The summed E-state index contributed by atoms with van der Waals surface area (Å²) < 4.78 is 2.14. The van der Waals surface area contributed by atoms with Crippen molar-refractivity contribution < 1.29 is 4.79 Å². The van der Waals surface area contributed by atoms with Crippen LogP contribution >= 0.6 is 0 Å². The number of rotatable bonds is 7. The van der Waals surface area contributed by atoms with Crippen LogP contribution in [0.2, 0.25) is 0 Å². The zero-order valence-corrected chi connectivity index (χ0v) is 15.3. The molecule has 2 N–H and O–H groups in total. The lowest BCUT2D eigenvalue weighted by Crippen LogP contribution is -2.39. The Morgan fingerprint density at radius 2 is 2.21 bits per heavy atom. The Kier molecular flexibility index (Phi) is 6.00. The first-order valence-electron chi connectivity index (χ1n) is 8.47. The fraction of sp³-hybridized carbons (Fsp3) is 0.588. The third-order valence-corrected chi connectivity index (χ3v) is 4.47. The molecule has 1 unspecified atom stereocenters. The molecule has 0 bridgehead atoms. The van der Waals surface area contributed by atoms with Gasteiger partial charge in [-0.3, -0.25) is 5.10 Å². The van der Waals surface area contributed by atoms with Gasteiger partial charge in [0, 0.05) is 50.2 Å². The van der Waals surface area contributed by atoms with Gasteiger partial charge in [0.05, 0.1) is 11.7 Å². The van der Waals surface area contributed by atoms with Gasteiger partial charge in [0.2, 0.25) is 0 Å². The van der Waals surface area contributed by atoms with E-state index < -0.39 is 0 Å². The number of imidazole rings is 1. The second kappa shape index (κ2) is 7.99. The second-order valence-electron chi connectivity index (χ2n) is 6.11. The molecule has 2 amide bonds. The summed E-state index contributed by atoms with van der Waals surface area (Å²) in [5.74, 6) is 1.08. The van der Waals surface area contributed by atoms with E-state index in [0.29, 0.717) is 6.54 Å². The molecule has 132 valence electrons. The molecular weight excluding hydrogens is 304 g/mol. The van der Waals surface area contributed by atoms with Gasteiger partial charge >= 0.3 is 6.03 Å². The zero-order valence-electron chi connectivity index (χ0n) is 15.3. The summed E-state index contributed by atoms with van der Waals surface area (Å²) in [7, 11) is 1.82. The average Bonchev–Trinajstić information content (AvgIpc) is 3.16. The van der Waals surface area contributed by atoms with E-state index in [1.165, 1.54) is 0 Å². The lowest BCUT2D eigenvalue weighted by molar-refractivity contribution is 0.194. The number of aromatic nitrogens is 4. The summed E-state index contributed by atoms with van der Waals surface area (Å²) in [5.41, 5.74) is 3.03. The number of aromatic amines is 1. The summed E-state index contributed by atoms with van der Waals surface area (Å²) in [6.07, 6.45) is 5.60. The van der Waals surface area contributed by atoms with E-state index in [0.717, 1.165) is 42.2 Å². The van der Waals surface area contributed by atoms with Crippen LogP contribution in [0.15, 0.2) is 12.4 Å². The van der Waals surface area contributed by atoms with E-state index in [2.05, 4.69) is 32.0 Å². The van der Waals surface area contributed by atoms with E-state index in [4.69, 9.17) is 0 Å². The number of H-pyrrole nitrogens is 1. The molecule has 0 aliphatic carbocycles. The Labute approximate surface area is 143 Å². The number of nitrogens with one attached hydrogen (secondary N) is 2. The first-order chi connectivity index (χ1) is 11.5. The van der Waals surface area contributed by atoms with E-state index in [-0.39, 0.29) is 12.1 Å². The number of amides is 2. The van der Waals surface area contributed by atoms with Crippen molar-refractivity contribution in [2.75, 3.05) is 13.6 Å². The molecule has 2 heterocycles. The summed E-state index contributed by atoms with van der Waals surface area (Å²) in [5, 5.41) is 10.2. The van der Waals surface area contributed by atoms with Crippen molar-refractivity contribution in [1.29, 1.82) is 0 Å². The molecule has 24 heavy (non-hydrogen) atoms. The number of hydrogen-bond acceptors (Lipinski definition) is 3. The highest BCUT2D eigenvalue weighted by molar-refractivity contribution is 5.74. The molecule has 1 atom stereocenters. The third-order valence-electron chi connectivity index (χ3n) is 4.47. The number of carbonyl (C=O) groups excluding carboxylic acids is 1. The molecular formula is C17H28N6O. The fourth-order valence-corrected chi connectivity index (χ4v) is 2.97. The Bertz CT molecular complexity index is 655. The van der Waals surface area contributed by atoms with E-state index >= 15 is 0 Å². The molecule has 0 aromatic carbocycles. The van der Waals surface area contributed by atoms with Crippen LogP contribution in [-0.4, -0.2) is 44.3 Å². The van der Waals surface area contributed by atoms with Crippen LogP contribution in [-0.2, 0) is 13.0 Å². The Morgan fingerprint density at radius 3 is 2.83 bits per heavy atom. The molecule has 0 fully saturated rings. The van der Waals surface area contributed by atoms with Crippen molar-refractivity contribution in [3.05, 3.63) is 35.2 Å². The quantitative estimate of drug-likeness (QED) is 0.765. The van der Waals surface area contributed by atoms with Gasteiger partial charge in [-0.15, -0.1) is 0 Å². The Balaban J connectivity index is 1.81. The molecule has 0 radical (unpaired) electrons. The van der Waals surface area contributed by atoms with Crippen molar-refractivity contribution in [3.8, 4) is 0 Å². The molecule has 7 heteroatoms. The van der Waals surface area contributed by atoms with Crippen molar-refractivity contribution in [2.24, 2.45) is 0 Å². The lowest BCUT2D eigenvalue weighted by Gasteiger charge is -2.25. The smallest absolute Gasteiger partial charge is 0.317 e. The van der Waals surface area contributed by atoms with Gasteiger partial charge in [-0.25, -0.2) is 9.78 Å². The van der Waals surface area contributed by atoms with Gasteiger partial charge in [-0.05, 0) is 27.2 Å². The highest BCUT2D eigenvalue weighted by Gasteiger charge is 2.21. The van der Waals surface area contributed by atoms with Crippen molar-refractivity contribution in [2.45, 2.75) is 53.1 Å². The average molecular weight is 332 g/mol. The number of urea groups is 1. The Hall–Kier alpha value is -2.31. The first-order valence-corrected chi connectivity index (χ1v) is 8.47. The standard InChI is InChI=1S/C17H28N6O/c1-6-15-18-9-11-23(15)10-7-8-19-17(24)22(5)14(4)16-12(2)20-21-13(16)3/h9,11,14H,6-8,10H2,1-5H3,(H,19,24)(H,20,21). The maximum Gasteiger partial charge on any atom is 0.317 e. The largest absolute Gasteiger partial charge is 0.338 e. The lowest BCUT2D eigenvalue weighted by atomic mass is 10.1. The predicted octanol–water partition coefficient (Wildman–Crippen LogP) is 2.58. The van der Waals surface area contributed by atoms with Crippen LogP contribution in [0, 0.1) is 13.8 Å². The summed E-state index contributed by atoms with van der Waals surface area (Å²) in [6, 6.07) is -0.0899. The van der Waals surface area contributed by atoms with Crippen molar-refractivity contribution >= 4 is 6.03 Å². The van der Waals surface area contributed by atoms with Crippen LogP contribution in [0.25, 0.3) is 0 Å². The van der Waals surface area contributed by atoms with Crippen molar-refractivity contribution in [3.63, 3.8) is 0 Å². The molecule has 0 aliphatic heterocycles. The fourth-order valence-electron chi connectivity index (χ4n) is 2.97. The normalized spacial score (nSPS) is 12.2. The molecule has 2 aromatic heterocycles. The molecule has 0 saturated heterocycles. The van der Waals surface area contributed by atoms with E-state index in [1.807, 2.05) is 40.2 Å². The van der Waals surface area contributed by atoms with Crippen LogP contribution in [0.5, 0.6) is 0 Å². The third kappa shape index (κ3) is 3.96. The van der Waals surface area contributed by atoms with Gasteiger partial charge in [-0.2, -0.15) is 5.10 Å². The summed E-state index contributed by atoms with van der Waals surface area (Å²) in [6.45, 7) is 9.55. The van der Waals surface area contributed by atoms with Crippen LogP contribution in [0.3, 0.4) is 0 Å². The SMILES string of the molecule is CCc1nccn1CCCNC(=O)N(C)C(C)c1c(C)n[nH]c1C. The molecule has 0 saturated carbocycles. The minimum atomic E-state index is -0.0659. The molecule has 0 spiro atoms. The predicted molar refractivity (Wildman–Crippen MR) is 93.9 cm³/mol. The van der Waals surface area contributed by atoms with Gasteiger partial charge in [-0.1, -0.05) is 6.92 Å². The summed E-state index contributed by atoms with van der Waals surface area (Å²) >= 11 is 0. The summed E-state index contributed by atoms with van der Waals surface area (Å²) in [4.78, 5) is 18.4. The van der Waals surface area contributed by atoms with Crippen LogP contribution < -0.4 is 5.32 Å². The number of aryl methyl sites for hydroxylation is 4. The highest BCUT2D eigenvalue weighted by atomic mass is 16.2. The minimum Gasteiger partial charge on any atom is -0.338 e. The second-order valence-corrected chi connectivity index (χ2v) is 6.11. The van der Waals surface area contributed by atoms with Gasteiger partial charge in [0.25, 0.3) is 0 Å². The first kappa shape index (κ1) is 18.0. The van der Waals surface area contributed by atoms with Crippen LogP contribution in [0.4, 0.5) is 4.79 Å². The van der Waals surface area contributed by atoms with Gasteiger partial charge < -0.3 is 14.8 Å². The molecule has 0 aliphatic rings. The number of nitrogens with zero attached hydrogens (tertiary/aromatic N) is 4. The number of hydrogen-bond donors (Lipinski definition) is 2. The van der Waals surface area contributed by atoms with Gasteiger partial charge in [0.1, 0.15) is 5.82 Å². The van der Waals surface area contributed by atoms with Crippen LogP contribution in [0.1, 0.15) is 49.1 Å². The monoisotopic (exact) mass is 332 g/mol. The number of carbonyl (C=O) groups is 1. The molecule has 2 rings (SSSR count). The van der Waals surface area contributed by atoms with E-state index in [9.17, 15) is 4.79 Å². The Morgan fingerprint density at radius 1 is 1.46 bits per heavy atom. The zero-order chi connectivity index (χ0) is 17.7. The molecule has 7 nitrogen and oxygen atoms in total. The van der Waals surface area contributed by atoms with Gasteiger partial charge in [0.15, 0.2) is 0 Å². The maximum atomic E-state index is 12.4. The topological polar surface area (TPSA) is 78.8 Å². The van der Waals surface area contributed by atoms with E-state index in [1.54, 1.807) is 4.90 Å². The minimum absolute atomic E-state index is 0.0240. The highest BCUT2D eigenvalue weighted by Crippen LogP contribution is 2.23. The van der Waals surface area contributed by atoms with Crippen molar-refractivity contribution in [1.82, 2.24) is 30.0 Å². The molecule has 2 aromatic rings.